The number of ether oxygens (including phenoxy) is 2. The molecule has 0 amide bonds. The maximum absolute atomic E-state index is 12.8. The third kappa shape index (κ3) is 58.5. The largest absolute Gasteiger partial charge is 0.472 e. The zero-order valence-corrected chi connectivity index (χ0v) is 49.5. The minimum Gasteiger partial charge on any atom is -0.462 e. The molecule has 0 heterocycles. The summed E-state index contributed by atoms with van der Waals surface area (Å²) in [6, 6.07) is 0. The minimum absolute atomic E-state index is 0.0312. The summed E-state index contributed by atoms with van der Waals surface area (Å²) >= 11 is 0. The Bertz CT molecular complexity index is 1520. The standard InChI is InChI=1S/C64H114NO8P/c1-6-8-10-12-14-16-18-20-21-22-23-24-25-26-27-28-29-30-31-32-33-34-35-36-37-38-39-40-41-42-43-45-47-49-51-53-55-57-64(67)73-62(61-72-74(68,69)71-59-58-65(3,4)5)60-70-63(66)56-54-52-50-48-46-44-19-17-15-13-11-9-7-2/h8,10,14,16,20-21,23-24,26-27,29-30,32-33,62H,6-7,9,11-13,15,17-19,22,25,28,31,34-61H2,1-5H3/p+1/b10-8-,16-14-,21-20-,24-23-,27-26-,30-29-,33-32-. The fourth-order valence-electron chi connectivity index (χ4n) is 8.29. The van der Waals surface area contributed by atoms with E-state index in [0.29, 0.717) is 23.9 Å². The number of hydrogen-bond acceptors (Lipinski definition) is 7. The van der Waals surface area contributed by atoms with Gasteiger partial charge in [0.15, 0.2) is 6.10 Å². The van der Waals surface area contributed by atoms with E-state index >= 15 is 0 Å². The number of allylic oxidation sites excluding steroid dienone is 14. The smallest absolute Gasteiger partial charge is 0.462 e. The maximum atomic E-state index is 12.8. The Labute approximate surface area is 456 Å². The van der Waals surface area contributed by atoms with E-state index in [4.69, 9.17) is 18.5 Å². The predicted molar refractivity (Wildman–Crippen MR) is 316 cm³/mol. The van der Waals surface area contributed by atoms with Gasteiger partial charge in [-0.2, -0.15) is 0 Å². The lowest BCUT2D eigenvalue weighted by molar-refractivity contribution is -0.870. The molecule has 0 aromatic heterocycles. The van der Waals surface area contributed by atoms with Gasteiger partial charge in [-0.05, 0) is 70.6 Å². The number of nitrogens with zero attached hydrogens (tertiary/aromatic N) is 1. The average Bonchev–Trinajstić information content (AvgIpc) is 3.36. The van der Waals surface area contributed by atoms with Gasteiger partial charge < -0.3 is 18.9 Å². The number of hydrogen-bond donors (Lipinski definition) is 1. The first kappa shape index (κ1) is 71.2. The van der Waals surface area contributed by atoms with Crippen molar-refractivity contribution < 1.29 is 42.1 Å². The fraction of sp³-hybridized carbons (Fsp3) is 0.750. The minimum atomic E-state index is -4.38. The predicted octanol–water partition coefficient (Wildman–Crippen LogP) is 19.0. The molecule has 0 rings (SSSR count). The quantitative estimate of drug-likeness (QED) is 0.0211. The number of unbranched alkanes of at least 4 members (excludes halogenated alkanes) is 27. The lowest BCUT2D eigenvalue weighted by atomic mass is 10.0. The molecule has 0 aliphatic carbocycles. The van der Waals surface area contributed by atoms with Gasteiger partial charge in [0.05, 0.1) is 27.7 Å². The van der Waals surface area contributed by atoms with E-state index in [-0.39, 0.29) is 25.6 Å². The SMILES string of the molecule is CC/C=C\C/C=C\C/C=C\C/C=C\C/C=C\C/C=C\C/C=C\CCCCCCCCCCCCCCCCCC(=O)OC(COC(=O)CCCCCCCCCCCCCCC)COP(=O)(O)OCC[N+](C)(C)C. The molecule has 0 aromatic carbocycles. The highest BCUT2D eigenvalue weighted by atomic mass is 31.2. The fourth-order valence-corrected chi connectivity index (χ4v) is 9.03. The van der Waals surface area contributed by atoms with Crippen molar-refractivity contribution in [1.29, 1.82) is 0 Å². The van der Waals surface area contributed by atoms with Crippen LogP contribution in [0.1, 0.15) is 258 Å². The van der Waals surface area contributed by atoms with Crippen LogP contribution in [-0.2, 0) is 32.7 Å². The van der Waals surface area contributed by atoms with Gasteiger partial charge in [0.25, 0.3) is 0 Å². The Balaban J connectivity index is 4.01. The number of rotatable bonds is 55. The molecule has 0 saturated carbocycles. The molecule has 0 aliphatic rings. The van der Waals surface area contributed by atoms with Crippen molar-refractivity contribution in [2.45, 2.75) is 264 Å². The van der Waals surface area contributed by atoms with Gasteiger partial charge >= 0.3 is 19.8 Å². The summed E-state index contributed by atoms with van der Waals surface area (Å²) in [5.74, 6) is -0.791. The zero-order valence-electron chi connectivity index (χ0n) is 48.6. The topological polar surface area (TPSA) is 108 Å². The molecule has 428 valence electrons. The van der Waals surface area contributed by atoms with Crippen LogP contribution in [0.3, 0.4) is 0 Å². The number of carbonyl (C=O) groups excluding carboxylic acids is 2. The first-order valence-electron chi connectivity index (χ1n) is 30.3. The molecule has 0 bridgehead atoms. The van der Waals surface area contributed by atoms with Gasteiger partial charge in [-0.15, -0.1) is 0 Å². The second-order valence-corrected chi connectivity index (χ2v) is 22.8. The van der Waals surface area contributed by atoms with Gasteiger partial charge in [0.1, 0.15) is 19.8 Å². The van der Waals surface area contributed by atoms with Crippen molar-refractivity contribution >= 4 is 19.8 Å². The maximum Gasteiger partial charge on any atom is 0.472 e. The van der Waals surface area contributed by atoms with Crippen molar-refractivity contribution in [3.05, 3.63) is 85.1 Å². The molecule has 9 nitrogen and oxygen atoms in total. The molecule has 0 saturated heterocycles. The summed E-state index contributed by atoms with van der Waals surface area (Å²) in [5, 5.41) is 0. The summed E-state index contributed by atoms with van der Waals surface area (Å²) in [6.07, 6.45) is 73.8. The number of likely N-dealkylation sites (N-methyl/N-ethyl adjacent to an activating group) is 1. The van der Waals surface area contributed by atoms with E-state index in [1.54, 1.807) is 0 Å². The van der Waals surface area contributed by atoms with Crippen molar-refractivity contribution in [3.63, 3.8) is 0 Å². The highest BCUT2D eigenvalue weighted by Gasteiger charge is 2.27. The molecule has 0 fully saturated rings. The van der Waals surface area contributed by atoms with Crippen molar-refractivity contribution in [1.82, 2.24) is 0 Å². The van der Waals surface area contributed by atoms with E-state index < -0.39 is 26.5 Å². The molecular formula is C64H115NO8P+. The van der Waals surface area contributed by atoms with Crippen LogP contribution >= 0.6 is 7.82 Å². The zero-order chi connectivity index (χ0) is 54.2. The molecule has 2 atom stereocenters. The lowest BCUT2D eigenvalue weighted by Crippen LogP contribution is -2.37. The normalized spacial score (nSPS) is 13.9. The van der Waals surface area contributed by atoms with E-state index in [9.17, 15) is 19.0 Å². The van der Waals surface area contributed by atoms with Crippen LogP contribution in [0.25, 0.3) is 0 Å². The second kappa shape index (κ2) is 55.0. The first-order chi connectivity index (χ1) is 36.0. The average molecular weight is 1060 g/mol. The van der Waals surface area contributed by atoms with Crippen LogP contribution in [0.15, 0.2) is 85.1 Å². The summed E-state index contributed by atoms with van der Waals surface area (Å²) in [6.45, 7) is 4.33. The van der Waals surface area contributed by atoms with E-state index in [1.165, 1.54) is 141 Å². The van der Waals surface area contributed by atoms with Crippen LogP contribution in [0, 0.1) is 0 Å². The second-order valence-electron chi connectivity index (χ2n) is 21.4. The van der Waals surface area contributed by atoms with Gasteiger partial charge in [-0.3, -0.25) is 18.6 Å². The number of quaternary nitrogens is 1. The third-order valence-corrected chi connectivity index (χ3v) is 13.9. The van der Waals surface area contributed by atoms with E-state index in [2.05, 4.69) is 98.9 Å². The number of carbonyl (C=O) groups is 2. The van der Waals surface area contributed by atoms with Crippen LogP contribution in [0.5, 0.6) is 0 Å². The van der Waals surface area contributed by atoms with Crippen LogP contribution < -0.4 is 0 Å². The summed E-state index contributed by atoms with van der Waals surface area (Å²) < 4.78 is 34.5. The summed E-state index contributed by atoms with van der Waals surface area (Å²) in [7, 11) is 1.48. The molecule has 0 spiro atoms. The highest BCUT2D eigenvalue weighted by Crippen LogP contribution is 2.43. The van der Waals surface area contributed by atoms with Crippen LogP contribution in [-0.4, -0.2) is 74.9 Å². The molecular weight excluding hydrogens is 942 g/mol. The Morgan fingerprint density at radius 1 is 0.432 bits per heavy atom. The molecule has 0 aromatic rings. The van der Waals surface area contributed by atoms with E-state index in [1.807, 2.05) is 21.1 Å². The summed E-state index contributed by atoms with van der Waals surface area (Å²) in [4.78, 5) is 35.6. The number of phosphoric ester groups is 1. The molecule has 1 N–H and O–H groups in total. The van der Waals surface area contributed by atoms with Gasteiger partial charge in [-0.1, -0.05) is 259 Å². The van der Waals surface area contributed by atoms with Crippen molar-refractivity contribution in [2.24, 2.45) is 0 Å². The Hall–Kier alpha value is -2.81. The highest BCUT2D eigenvalue weighted by molar-refractivity contribution is 7.47. The van der Waals surface area contributed by atoms with Crippen molar-refractivity contribution in [3.8, 4) is 0 Å². The molecule has 2 unspecified atom stereocenters. The van der Waals surface area contributed by atoms with Gasteiger partial charge in [0, 0.05) is 12.8 Å². The van der Waals surface area contributed by atoms with Gasteiger partial charge in [-0.25, -0.2) is 4.57 Å². The van der Waals surface area contributed by atoms with E-state index in [0.717, 1.165) is 83.5 Å². The summed E-state index contributed by atoms with van der Waals surface area (Å²) in [5.41, 5.74) is 0. The molecule has 0 aliphatic heterocycles. The Kier molecular flexibility index (Phi) is 52.9. The first-order valence-corrected chi connectivity index (χ1v) is 31.8. The van der Waals surface area contributed by atoms with Crippen LogP contribution in [0.4, 0.5) is 0 Å². The monoisotopic (exact) mass is 1060 g/mol. The van der Waals surface area contributed by atoms with Gasteiger partial charge in [0.2, 0.25) is 0 Å². The third-order valence-electron chi connectivity index (χ3n) is 12.9. The molecule has 10 heteroatoms. The Morgan fingerprint density at radius 3 is 1.15 bits per heavy atom. The number of esters is 2. The number of phosphoric acid groups is 1. The van der Waals surface area contributed by atoms with Crippen molar-refractivity contribution in [2.75, 3.05) is 47.5 Å². The lowest BCUT2D eigenvalue weighted by Gasteiger charge is -2.24. The Morgan fingerprint density at radius 2 is 0.770 bits per heavy atom. The molecule has 0 radical (unpaired) electrons. The van der Waals surface area contributed by atoms with Crippen LogP contribution in [0.2, 0.25) is 0 Å². The molecule has 74 heavy (non-hydrogen) atoms.